The number of amides is 3. The second-order valence-electron chi connectivity index (χ2n) is 8.72. The van der Waals surface area contributed by atoms with Crippen LogP contribution in [0, 0.1) is 0 Å². The van der Waals surface area contributed by atoms with Gasteiger partial charge < -0.3 is 30.4 Å². The summed E-state index contributed by atoms with van der Waals surface area (Å²) in [7, 11) is 0. The number of rotatable bonds is 9. The first-order valence-electron chi connectivity index (χ1n) is 11.9. The Morgan fingerprint density at radius 3 is 2.26 bits per heavy atom. The average molecular weight is 528 g/mol. The van der Waals surface area contributed by atoms with E-state index in [1.165, 1.54) is 24.5 Å². The van der Waals surface area contributed by atoms with Crippen LogP contribution >= 0.6 is 0 Å². The molecule has 0 fully saturated rings. The highest BCUT2D eigenvalue weighted by Crippen LogP contribution is 2.29. The fraction of sp³-hybridized carbons (Fsp3) is 0.107. The normalized spacial score (nSPS) is 10.5. The predicted octanol–water partition coefficient (Wildman–Crippen LogP) is 4.96. The monoisotopic (exact) mass is 527 g/mol. The van der Waals surface area contributed by atoms with Crippen LogP contribution in [0.15, 0.2) is 79.3 Å². The van der Waals surface area contributed by atoms with E-state index in [1.807, 2.05) is 13.8 Å². The Kier molecular flexibility index (Phi) is 8.00. The lowest BCUT2D eigenvalue weighted by Gasteiger charge is -2.13. The van der Waals surface area contributed by atoms with Crippen molar-refractivity contribution in [2.45, 2.75) is 19.9 Å². The number of nitrogens with zero attached hydrogens (tertiary/aromatic N) is 2. The fourth-order valence-electron chi connectivity index (χ4n) is 3.55. The minimum atomic E-state index is -1.22. The smallest absolute Gasteiger partial charge is 0.339 e. The van der Waals surface area contributed by atoms with Crippen LogP contribution in [-0.2, 0) is 0 Å². The van der Waals surface area contributed by atoms with E-state index in [1.54, 1.807) is 59.3 Å². The van der Waals surface area contributed by atoms with Crippen molar-refractivity contribution in [1.82, 2.24) is 14.9 Å². The molecule has 0 atom stereocenters. The number of carboxylic acid groups (broad SMARTS) is 1. The Bertz CT molecular complexity index is 1510. The summed E-state index contributed by atoms with van der Waals surface area (Å²) in [5.41, 5.74) is 2.17. The molecule has 0 bridgehead atoms. The van der Waals surface area contributed by atoms with Crippen LogP contribution in [0.3, 0.4) is 0 Å². The van der Waals surface area contributed by atoms with Gasteiger partial charge in [-0.15, -0.1) is 0 Å². The van der Waals surface area contributed by atoms with Gasteiger partial charge >= 0.3 is 12.0 Å². The summed E-state index contributed by atoms with van der Waals surface area (Å²) < 4.78 is 7.43. The van der Waals surface area contributed by atoms with Gasteiger partial charge in [0.25, 0.3) is 5.91 Å². The standard InChI is InChI=1S/C28H25N5O6/c1-17(2)30-28(38)32-20-7-12-25(24(13-20)27(36)37)39-23-10-5-19(6-11-23)31-26(35)18-3-8-22(9-4-18)33-14-21(15-34)29-16-33/h3-17H,1-2H3,(H,31,35)(H,36,37)(H2,30,32,38). The Balaban J connectivity index is 1.40. The number of hydrogen-bond donors (Lipinski definition) is 4. The molecule has 1 aromatic heterocycles. The number of nitrogens with one attached hydrogen (secondary N) is 3. The highest BCUT2D eigenvalue weighted by atomic mass is 16.5. The number of urea groups is 1. The van der Waals surface area contributed by atoms with Crippen LogP contribution in [0.1, 0.15) is 45.1 Å². The third kappa shape index (κ3) is 6.86. The molecule has 0 aliphatic rings. The van der Waals surface area contributed by atoms with Gasteiger partial charge in [-0.3, -0.25) is 9.59 Å². The minimum absolute atomic E-state index is 0.0773. The van der Waals surface area contributed by atoms with Crippen molar-refractivity contribution in [3.8, 4) is 17.2 Å². The summed E-state index contributed by atoms with van der Waals surface area (Å²) in [4.78, 5) is 51.1. The van der Waals surface area contributed by atoms with E-state index in [0.717, 1.165) is 5.69 Å². The highest BCUT2D eigenvalue weighted by Gasteiger charge is 2.15. The lowest BCUT2D eigenvalue weighted by molar-refractivity contribution is 0.0693. The molecule has 1 heterocycles. The number of aromatic carboxylic acids is 1. The molecule has 0 radical (unpaired) electrons. The van der Waals surface area contributed by atoms with E-state index < -0.39 is 12.0 Å². The first-order valence-corrected chi connectivity index (χ1v) is 11.9. The molecule has 0 saturated heterocycles. The molecule has 4 rings (SSSR count). The topological polar surface area (TPSA) is 152 Å². The number of anilines is 2. The van der Waals surface area contributed by atoms with Gasteiger partial charge in [0, 0.05) is 34.9 Å². The van der Waals surface area contributed by atoms with E-state index in [2.05, 4.69) is 20.9 Å². The van der Waals surface area contributed by atoms with Crippen LogP contribution < -0.4 is 20.7 Å². The van der Waals surface area contributed by atoms with Gasteiger partial charge in [0.05, 0.1) is 0 Å². The maximum absolute atomic E-state index is 12.7. The molecule has 0 saturated carbocycles. The molecule has 3 amide bonds. The number of ether oxygens (including phenoxy) is 1. The zero-order valence-electron chi connectivity index (χ0n) is 21.0. The molecule has 4 aromatic rings. The number of aromatic nitrogens is 2. The van der Waals surface area contributed by atoms with Gasteiger partial charge in [-0.1, -0.05) is 0 Å². The Labute approximate surface area is 223 Å². The van der Waals surface area contributed by atoms with Crippen molar-refractivity contribution in [3.05, 3.63) is 96.1 Å². The van der Waals surface area contributed by atoms with Crippen molar-refractivity contribution in [1.29, 1.82) is 0 Å². The van der Waals surface area contributed by atoms with Crippen LogP contribution in [0.25, 0.3) is 5.69 Å². The minimum Gasteiger partial charge on any atom is -0.478 e. The van der Waals surface area contributed by atoms with E-state index >= 15 is 0 Å². The third-order valence-electron chi connectivity index (χ3n) is 5.38. The number of aldehydes is 1. The average Bonchev–Trinajstić information content (AvgIpc) is 3.39. The summed E-state index contributed by atoms with van der Waals surface area (Å²) in [5.74, 6) is -1.10. The van der Waals surface area contributed by atoms with E-state index in [4.69, 9.17) is 4.74 Å². The van der Waals surface area contributed by atoms with E-state index in [0.29, 0.717) is 34.7 Å². The molecule has 39 heavy (non-hydrogen) atoms. The van der Waals surface area contributed by atoms with Crippen molar-refractivity contribution < 1.29 is 29.0 Å². The molecule has 11 heteroatoms. The third-order valence-corrected chi connectivity index (χ3v) is 5.38. The first kappa shape index (κ1) is 26.6. The number of hydrogen-bond acceptors (Lipinski definition) is 6. The molecular weight excluding hydrogens is 502 g/mol. The fourth-order valence-corrected chi connectivity index (χ4v) is 3.55. The van der Waals surface area contributed by atoms with Crippen LogP contribution in [0.2, 0.25) is 0 Å². The van der Waals surface area contributed by atoms with Crippen LogP contribution in [0.4, 0.5) is 16.2 Å². The molecule has 0 aliphatic heterocycles. The zero-order valence-corrected chi connectivity index (χ0v) is 21.0. The maximum Gasteiger partial charge on any atom is 0.339 e. The van der Waals surface area contributed by atoms with Gasteiger partial charge in [-0.25, -0.2) is 14.6 Å². The number of carbonyl (C=O) groups is 4. The molecule has 4 N–H and O–H groups in total. The second kappa shape index (κ2) is 11.7. The van der Waals surface area contributed by atoms with Crippen molar-refractivity contribution >= 4 is 35.6 Å². The number of imidazole rings is 1. The Morgan fingerprint density at radius 1 is 0.949 bits per heavy atom. The van der Waals surface area contributed by atoms with Gasteiger partial charge in [-0.05, 0) is 80.6 Å². The molecule has 198 valence electrons. The SMILES string of the molecule is CC(C)NC(=O)Nc1ccc(Oc2ccc(NC(=O)c3ccc(-n4cnc(C=O)c4)cc3)cc2)c(C(=O)O)c1. The molecule has 0 spiro atoms. The molecule has 3 aromatic carbocycles. The lowest BCUT2D eigenvalue weighted by atomic mass is 10.1. The zero-order chi connectivity index (χ0) is 27.9. The summed E-state index contributed by atoms with van der Waals surface area (Å²) in [6.07, 6.45) is 3.76. The number of carbonyl (C=O) groups excluding carboxylic acids is 3. The van der Waals surface area contributed by atoms with Gasteiger partial charge in [0.15, 0.2) is 6.29 Å². The number of carboxylic acids is 1. The summed E-state index contributed by atoms with van der Waals surface area (Å²) in [6.45, 7) is 3.62. The first-order chi connectivity index (χ1) is 18.7. The maximum atomic E-state index is 12.7. The van der Waals surface area contributed by atoms with Crippen molar-refractivity contribution in [2.24, 2.45) is 0 Å². The summed E-state index contributed by atoms with van der Waals surface area (Å²) in [6, 6.07) is 17.0. The highest BCUT2D eigenvalue weighted by molar-refractivity contribution is 6.04. The largest absolute Gasteiger partial charge is 0.478 e. The Hall–Kier alpha value is -5.45. The second-order valence-corrected chi connectivity index (χ2v) is 8.72. The summed E-state index contributed by atoms with van der Waals surface area (Å²) in [5, 5.41) is 17.7. The predicted molar refractivity (Wildman–Crippen MR) is 144 cm³/mol. The molecular formula is C28H25N5O6. The van der Waals surface area contributed by atoms with Crippen LogP contribution in [0.5, 0.6) is 11.5 Å². The van der Waals surface area contributed by atoms with E-state index in [9.17, 15) is 24.3 Å². The summed E-state index contributed by atoms with van der Waals surface area (Å²) >= 11 is 0. The Morgan fingerprint density at radius 2 is 1.64 bits per heavy atom. The van der Waals surface area contributed by atoms with Gasteiger partial charge in [-0.2, -0.15) is 0 Å². The quantitative estimate of drug-likeness (QED) is 0.225. The lowest BCUT2D eigenvalue weighted by Crippen LogP contribution is -2.34. The molecule has 0 unspecified atom stereocenters. The molecule has 0 aliphatic carbocycles. The van der Waals surface area contributed by atoms with Gasteiger partial charge in [0.1, 0.15) is 29.1 Å². The van der Waals surface area contributed by atoms with Crippen LogP contribution in [-0.4, -0.2) is 44.9 Å². The van der Waals surface area contributed by atoms with Gasteiger partial charge in [0.2, 0.25) is 0 Å². The van der Waals surface area contributed by atoms with Crippen molar-refractivity contribution in [2.75, 3.05) is 10.6 Å². The van der Waals surface area contributed by atoms with E-state index in [-0.39, 0.29) is 23.3 Å². The number of benzene rings is 3. The van der Waals surface area contributed by atoms with Crippen molar-refractivity contribution in [3.63, 3.8) is 0 Å². The molecule has 11 nitrogen and oxygen atoms in total.